The van der Waals surface area contributed by atoms with Crippen LogP contribution >= 0.6 is 11.6 Å². The summed E-state index contributed by atoms with van der Waals surface area (Å²) in [5.41, 5.74) is 0.704. The van der Waals surface area contributed by atoms with E-state index >= 15 is 0 Å². The van der Waals surface area contributed by atoms with Crippen molar-refractivity contribution in [1.29, 1.82) is 0 Å². The quantitative estimate of drug-likeness (QED) is 0.930. The Morgan fingerprint density at radius 3 is 3.00 bits per heavy atom. The number of nitrogens with zero attached hydrogens (tertiary/aromatic N) is 1. The lowest BCUT2D eigenvalue weighted by Crippen LogP contribution is -2.17. The number of hydrogen-bond acceptors (Lipinski definition) is 4. The molecular weight excluding hydrogens is 323 g/mol. The molecule has 2 heterocycles. The maximum atomic E-state index is 13.0. The van der Waals surface area contributed by atoms with Crippen molar-refractivity contribution in [2.75, 3.05) is 18.5 Å². The summed E-state index contributed by atoms with van der Waals surface area (Å²) in [5.74, 6) is -0.523. The van der Waals surface area contributed by atoms with E-state index < -0.39 is 11.7 Å². The second-order valence-corrected chi connectivity index (χ2v) is 5.47. The first kappa shape index (κ1) is 15.7. The van der Waals surface area contributed by atoms with Gasteiger partial charge in [0.05, 0.1) is 23.8 Å². The zero-order valence-electron chi connectivity index (χ0n) is 12.1. The first-order chi connectivity index (χ1) is 11.1. The molecule has 7 heteroatoms. The van der Waals surface area contributed by atoms with Crippen molar-refractivity contribution in [1.82, 2.24) is 4.98 Å². The van der Waals surface area contributed by atoms with Gasteiger partial charge in [-0.25, -0.2) is 9.37 Å². The molecule has 1 fully saturated rings. The van der Waals surface area contributed by atoms with E-state index in [1.807, 2.05) is 0 Å². The molecule has 120 valence electrons. The fourth-order valence-corrected chi connectivity index (χ4v) is 2.45. The summed E-state index contributed by atoms with van der Waals surface area (Å²) in [6, 6.07) is 6.86. The maximum absolute atomic E-state index is 13.0. The van der Waals surface area contributed by atoms with Gasteiger partial charge in [-0.2, -0.15) is 0 Å². The predicted octanol–water partition coefficient (Wildman–Crippen LogP) is 3.29. The van der Waals surface area contributed by atoms with Gasteiger partial charge < -0.3 is 14.8 Å². The number of nitrogens with one attached hydrogen (secondary N) is 1. The number of amides is 1. The Morgan fingerprint density at radius 1 is 1.39 bits per heavy atom. The highest BCUT2D eigenvalue weighted by Crippen LogP contribution is 2.21. The summed E-state index contributed by atoms with van der Waals surface area (Å²) in [4.78, 5) is 16.3. The van der Waals surface area contributed by atoms with Gasteiger partial charge in [-0.3, -0.25) is 4.79 Å². The Bertz CT molecular complexity index is 720. The highest BCUT2D eigenvalue weighted by Gasteiger charge is 2.18. The minimum absolute atomic E-state index is 0.0278. The van der Waals surface area contributed by atoms with Crippen LogP contribution in [0.2, 0.25) is 5.02 Å². The van der Waals surface area contributed by atoms with Crippen molar-refractivity contribution in [2.45, 2.75) is 12.5 Å². The van der Waals surface area contributed by atoms with Crippen LogP contribution in [0.1, 0.15) is 16.8 Å². The van der Waals surface area contributed by atoms with E-state index in [1.165, 1.54) is 18.3 Å². The zero-order valence-corrected chi connectivity index (χ0v) is 12.8. The third kappa shape index (κ3) is 3.97. The molecule has 1 aliphatic heterocycles. The third-order valence-electron chi connectivity index (χ3n) is 3.34. The molecule has 0 unspecified atom stereocenters. The largest absolute Gasteiger partial charge is 0.472 e. The topological polar surface area (TPSA) is 60.5 Å². The lowest BCUT2D eigenvalue weighted by Gasteiger charge is -2.12. The molecule has 0 radical (unpaired) electrons. The minimum Gasteiger partial charge on any atom is -0.472 e. The fourth-order valence-electron chi connectivity index (χ4n) is 2.20. The van der Waals surface area contributed by atoms with Crippen molar-refractivity contribution < 1.29 is 18.7 Å². The molecule has 0 spiro atoms. The van der Waals surface area contributed by atoms with Crippen LogP contribution in [-0.4, -0.2) is 30.2 Å². The van der Waals surface area contributed by atoms with Crippen LogP contribution in [0.25, 0.3) is 0 Å². The second kappa shape index (κ2) is 6.93. The van der Waals surface area contributed by atoms with Gasteiger partial charge in [-0.05, 0) is 24.3 Å². The second-order valence-electron chi connectivity index (χ2n) is 5.06. The van der Waals surface area contributed by atoms with Crippen LogP contribution in [0.15, 0.2) is 36.5 Å². The van der Waals surface area contributed by atoms with Gasteiger partial charge in [0.15, 0.2) is 0 Å². The SMILES string of the molecule is O=C(Nc1ccnc(O[C@@H]2CCOC2)c1)c1ccc(F)cc1Cl. The van der Waals surface area contributed by atoms with Crippen molar-refractivity contribution in [3.8, 4) is 5.88 Å². The smallest absolute Gasteiger partial charge is 0.257 e. The molecule has 1 aromatic carbocycles. The highest BCUT2D eigenvalue weighted by molar-refractivity contribution is 6.34. The number of anilines is 1. The van der Waals surface area contributed by atoms with Gasteiger partial charge in [-0.15, -0.1) is 0 Å². The summed E-state index contributed by atoms with van der Waals surface area (Å²) in [6.07, 6.45) is 2.32. The summed E-state index contributed by atoms with van der Waals surface area (Å²) in [7, 11) is 0. The summed E-state index contributed by atoms with van der Waals surface area (Å²) < 4.78 is 23.9. The number of rotatable bonds is 4. The Balaban J connectivity index is 1.70. The lowest BCUT2D eigenvalue weighted by atomic mass is 10.2. The van der Waals surface area contributed by atoms with Gasteiger partial charge in [-0.1, -0.05) is 11.6 Å². The molecule has 1 aliphatic rings. The first-order valence-electron chi connectivity index (χ1n) is 7.08. The Labute approximate surface area is 137 Å². The van der Waals surface area contributed by atoms with E-state index in [1.54, 1.807) is 12.1 Å². The number of benzene rings is 1. The van der Waals surface area contributed by atoms with Gasteiger partial charge in [0.25, 0.3) is 5.91 Å². The number of ether oxygens (including phenoxy) is 2. The zero-order chi connectivity index (χ0) is 16.2. The number of halogens is 2. The molecule has 0 bridgehead atoms. The molecule has 5 nitrogen and oxygen atoms in total. The van der Waals surface area contributed by atoms with Crippen LogP contribution < -0.4 is 10.1 Å². The molecule has 1 amide bonds. The summed E-state index contributed by atoms with van der Waals surface area (Å²) >= 11 is 5.88. The van der Waals surface area contributed by atoms with Crippen LogP contribution in [0.4, 0.5) is 10.1 Å². The molecular formula is C16H14ClFN2O3. The molecule has 3 rings (SSSR count). The Hall–Kier alpha value is -2.18. The number of aromatic nitrogens is 1. The van der Waals surface area contributed by atoms with Gasteiger partial charge in [0.2, 0.25) is 5.88 Å². The van der Waals surface area contributed by atoms with Crippen LogP contribution in [0.5, 0.6) is 5.88 Å². The van der Waals surface area contributed by atoms with E-state index in [-0.39, 0.29) is 16.7 Å². The number of carbonyl (C=O) groups excluding carboxylic acids is 1. The molecule has 0 saturated carbocycles. The van der Waals surface area contributed by atoms with Crippen molar-refractivity contribution in [3.63, 3.8) is 0 Å². The van der Waals surface area contributed by atoms with Crippen LogP contribution in [-0.2, 0) is 4.74 Å². The molecule has 1 saturated heterocycles. The van der Waals surface area contributed by atoms with Crippen molar-refractivity contribution >= 4 is 23.2 Å². The van der Waals surface area contributed by atoms with E-state index in [0.717, 1.165) is 12.5 Å². The molecule has 1 aromatic heterocycles. The Kier molecular flexibility index (Phi) is 4.73. The number of carbonyl (C=O) groups is 1. The van der Waals surface area contributed by atoms with Crippen LogP contribution in [0, 0.1) is 5.82 Å². The normalized spacial score (nSPS) is 17.0. The third-order valence-corrected chi connectivity index (χ3v) is 3.66. The molecule has 0 aliphatic carbocycles. The molecule has 1 atom stereocenters. The minimum atomic E-state index is -0.495. The van der Waals surface area contributed by atoms with Crippen LogP contribution in [0.3, 0.4) is 0 Å². The summed E-state index contributed by atoms with van der Waals surface area (Å²) in [6.45, 7) is 1.20. The maximum Gasteiger partial charge on any atom is 0.257 e. The summed E-state index contributed by atoms with van der Waals surface area (Å²) in [5, 5.41) is 2.74. The number of pyridine rings is 1. The van der Waals surface area contributed by atoms with Gasteiger partial charge >= 0.3 is 0 Å². The van der Waals surface area contributed by atoms with E-state index in [0.29, 0.717) is 24.8 Å². The average Bonchev–Trinajstić information content (AvgIpc) is 3.00. The fraction of sp³-hybridized carbons (Fsp3) is 0.250. The first-order valence-corrected chi connectivity index (χ1v) is 7.46. The molecule has 23 heavy (non-hydrogen) atoms. The van der Waals surface area contributed by atoms with Gasteiger partial charge in [0.1, 0.15) is 11.9 Å². The standard InChI is InChI=1S/C16H14ClFN2O3/c17-14-7-10(18)1-2-13(14)16(21)20-11-3-5-19-15(8-11)23-12-4-6-22-9-12/h1-3,5,7-8,12H,4,6,9H2,(H,19,20,21)/t12-/m1/s1. The van der Waals surface area contributed by atoms with E-state index in [2.05, 4.69) is 10.3 Å². The average molecular weight is 337 g/mol. The predicted molar refractivity (Wildman–Crippen MR) is 83.5 cm³/mol. The van der Waals surface area contributed by atoms with Crippen molar-refractivity contribution in [3.05, 3.63) is 52.9 Å². The van der Waals surface area contributed by atoms with E-state index in [9.17, 15) is 9.18 Å². The highest BCUT2D eigenvalue weighted by atomic mass is 35.5. The van der Waals surface area contributed by atoms with E-state index in [4.69, 9.17) is 21.1 Å². The van der Waals surface area contributed by atoms with Crippen molar-refractivity contribution in [2.24, 2.45) is 0 Å². The number of hydrogen-bond donors (Lipinski definition) is 1. The molecule has 1 N–H and O–H groups in total. The van der Waals surface area contributed by atoms with Gasteiger partial charge in [0, 0.05) is 24.4 Å². The Morgan fingerprint density at radius 2 is 2.26 bits per heavy atom. The monoisotopic (exact) mass is 336 g/mol. The molecule has 2 aromatic rings. The lowest BCUT2D eigenvalue weighted by molar-refractivity contribution is 0.102.